The minimum atomic E-state index is -0.625. The highest BCUT2D eigenvalue weighted by atomic mass is 19.1. The molecule has 1 spiro atoms. The van der Waals surface area contributed by atoms with Crippen molar-refractivity contribution >= 4 is 28.5 Å². The topological polar surface area (TPSA) is 79.0 Å². The lowest BCUT2D eigenvalue weighted by Gasteiger charge is -2.38. The number of benzene rings is 3. The second-order valence-electron chi connectivity index (χ2n) is 11.0. The van der Waals surface area contributed by atoms with Gasteiger partial charge in [-0.05, 0) is 67.1 Å². The Hall–Kier alpha value is -3.78. The fourth-order valence-corrected chi connectivity index (χ4v) is 6.72. The van der Waals surface area contributed by atoms with E-state index in [9.17, 15) is 18.8 Å². The molecule has 8 heteroatoms. The van der Waals surface area contributed by atoms with Gasteiger partial charge in [-0.3, -0.25) is 24.6 Å². The van der Waals surface area contributed by atoms with Crippen LogP contribution in [0.15, 0.2) is 48.5 Å². The van der Waals surface area contributed by atoms with E-state index in [1.165, 1.54) is 6.07 Å². The number of nitrogens with one attached hydrogen (secondary N) is 1. The van der Waals surface area contributed by atoms with Crippen LogP contribution in [0, 0.1) is 5.82 Å². The van der Waals surface area contributed by atoms with Gasteiger partial charge in [-0.1, -0.05) is 30.3 Å². The number of likely N-dealkylation sites (tertiary alicyclic amines) is 1. The number of imide groups is 1. The van der Waals surface area contributed by atoms with Crippen molar-refractivity contribution in [3.8, 4) is 5.75 Å². The maximum atomic E-state index is 14.6. The zero-order valence-corrected chi connectivity index (χ0v) is 21.0. The van der Waals surface area contributed by atoms with E-state index in [1.54, 1.807) is 11.0 Å². The van der Waals surface area contributed by atoms with Crippen LogP contribution in [0.1, 0.15) is 52.7 Å². The molecule has 0 saturated carbocycles. The van der Waals surface area contributed by atoms with Gasteiger partial charge in [0.05, 0.1) is 6.61 Å². The molecule has 1 N–H and O–H groups in total. The molecule has 3 aromatic carbocycles. The molecule has 1 atom stereocenters. The first-order valence-electron chi connectivity index (χ1n) is 13.3. The Labute approximate surface area is 219 Å². The lowest BCUT2D eigenvalue weighted by atomic mass is 9.73. The molecule has 194 valence electrons. The van der Waals surface area contributed by atoms with Crippen molar-refractivity contribution < 1.29 is 23.5 Å². The fourth-order valence-electron chi connectivity index (χ4n) is 6.72. The minimum absolute atomic E-state index is 0.115. The third-order valence-corrected chi connectivity index (χ3v) is 8.85. The van der Waals surface area contributed by atoms with Gasteiger partial charge in [0.15, 0.2) is 0 Å². The highest BCUT2D eigenvalue weighted by molar-refractivity contribution is 6.05. The second kappa shape index (κ2) is 8.63. The van der Waals surface area contributed by atoms with Crippen LogP contribution in [0.25, 0.3) is 10.8 Å². The molecule has 0 aromatic heterocycles. The van der Waals surface area contributed by atoms with Crippen molar-refractivity contribution in [2.45, 2.75) is 50.2 Å². The monoisotopic (exact) mass is 513 g/mol. The largest absolute Gasteiger partial charge is 0.492 e. The van der Waals surface area contributed by atoms with E-state index in [0.29, 0.717) is 37.1 Å². The van der Waals surface area contributed by atoms with Gasteiger partial charge in [-0.2, -0.15) is 0 Å². The van der Waals surface area contributed by atoms with Gasteiger partial charge in [0.1, 0.15) is 17.6 Å². The van der Waals surface area contributed by atoms with Crippen molar-refractivity contribution in [3.05, 3.63) is 76.6 Å². The summed E-state index contributed by atoms with van der Waals surface area (Å²) >= 11 is 0. The average Bonchev–Trinajstić information content (AvgIpc) is 3.41. The summed E-state index contributed by atoms with van der Waals surface area (Å²) in [6.45, 7) is 3.38. The number of hydrogen-bond donors (Lipinski definition) is 1. The van der Waals surface area contributed by atoms with Crippen LogP contribution >= 0.6 is 0 Å². The molecule has 0 aliphatic carbocycles. The number of rotatable bonds is 3. The van der Waals surface area contributed by atoms with Crippen LogP contribution in [0.2, 0.25) is 0 Å². The van der Waals surface area contributed by atoms with Gasteiger partial charge in [0.2, 0.25) is 11.8 Å². The molecule has 1 unspecified atom stereocenters. The molecule has 4 heterocycles. The van der Waals surface area contributed by atoms with Crippen LogP contribution in [0.3, 0.4) is 0 Å². The van der Waals surface area contributed by atoms with Crippen molar-refractivity contribution in [3.63, 3.8) is 0 Å². The quantitative estimate of drug-likeness (QED) is 0.541. The van der Waals surface area contributed by atoms with Crippen LogP contribution in [-0.2, 0) is 28.1 Å². The molecule has 3 amide bonds. The number of piperidine rings is 2. The summed E-state index contributed by atoms with van der Waals surface area (Å²) in [6.07, 6.45) is 2.41. The summed E-state index contributed by atoms with van der Waals surface area (Å²) in [5, 5.41) is 3.98. The summed E-state index contributed by atoms with van der Waals surface area (Å²) in [7, 11) is 0. The molecule has 38 heavy (non-hydrogen) atoms. The number of fused-ring (bicyclic) bond motifs is 4. The van der Waals surface area contributed by atoms with Crippen molar-refractivity contribution in [2.75, 3.05) is 19.7 Å². The molecule has 2 saturated heterocycles. The Morgan fingerprint density at radius 3 is 2.63 bits per heavy atom. The molecule has 0 bridgehead atoms. The number of ether oxygens (including phenoxy) is 1. The lowest BCUT2D eigenvalue weighted by molar-refractivity contribution is -0.136. The number of carbonyl (C=O) groups excluding carboxylic acids is 3. The third-order valence-electron chi connectivity index (χ3n) is 8.85. The Bertz CT molecular complexity index is 1510. The van der Waals surface area contributed by atoms with E-state index >= 15 is 0 Å². The van der Waals surface area contributed by atoms with E-state index in [4.69, 9.17) is 4.74 Å². The first-order chi connectivity index (χ1) is 18.4. The van der Waals surface area contributed by atoms with E-state index in [-0.39, 0.29) is 29.5 Å². The zero-order chi connectivity index (χ0) is 26.0. The number of halogens is 1. The van der Waals surface area contributed by atoms with Crippen LogP contribution < -0.4 is 10.1 Å². The molecule has 7 rings (SSSR count). The highest BCUT2D eigenvalue weighted by Crippen LogP contribution is 2.48. The number of carbonyl (C=O) groups is 3. The normalized spacial score (nSPS) is 22.5. The highest BCUT2D eigenvalue weighted by Gasteiger charge is 2.46. The Morgan fingerprint density at radius 1 is 1.05 bits per heavy atom. The third kappa shape index (κ3) is 3.61. The Morgan fingerprint density at radius 2 is 1.84 bits per heavy atom. The smallest absolute Gasteiger partial charge is 0.255 e. The fraction of sp³-hybridized carbons (Fsp3) is 0.367. The molecular formula is C30H28FN3O4. The molecule has 4 aliphatic rings. The summed E-state index contributed by atoms with van der Waals surface area (Å²) in [5.41, 5.74) is 3.53. The molecule has 7 nitrogen and oxygen atoms in total. The van der Waals surface area contributed by atoms with Crippen LogP contribution in [0.4, 0.5) is 4.39 Å². The van der Waals surface area contributed by atoms with Crippen molar-refractivity contribution in [2.24, 2.45) is 0 Å². The second-order valence-corrected chi connectivity index (χ2v) is 11.0. The van der Waals surface area contributed by atoms with E-state index in [0.717, 1.165) is 53.8 Å². The van der Waals surface area contributed by atoms with Crippen molar-refractivity contribution in [1.82, 2.24) is 15.1 Å². The summed E-state index contributed by atoms with van der Waals surface area (Å²) in [5.74, 6) is -0.298. The summed E-state index contributed by atoms with van der Waals surface area (Å²) in [6, 6.07) is 14.5. The Kier molecular flexibility index (Phi) is 5.30. The number of hydrogen-bond acceptors (Lipinski definition) is 5. The average molecular weight is 514 g/mol. The van der Waals surface area contributed by atoms with E-state index < -0.39 is 11.9 Å². The molecular weight excluding hydrogens is 485 g/mol. The van der Waals surface area contributed by atoms with Gasteiger partial charge in [-0.25, -0.2) is 4.39 Å². The maximum absolute atomic E-state index is 14.6. The Balaban J connectivity index is 1.09. The number of nitrogens with zero attached hydrogens (tertiary/aromatic N) is 2. The standard InChI is InChI=1S/C30H28FN3O4/c31-23-6-2-4-18-3-1-5-19(27(18)23)15-33-11-9-30(10-12-33)17-38-25-14-21-20(13-22(25)30)16-34(29(21)37)24-7-8-26(35)32-28(24)36/h1-6,13-14,24H,7-12,15-17H2,(H,32,35,36). The van der Waals surface area contributed by atoms with E-state index in [1.807, 2.05) is 30.3 Å². The first kappa shape index (κ1) is 23.3. The van der Waals surface area contributed by atoms with Crippen LogP contribution in [-0.4, -0.2) is 53.3 Å². The maximum Gasteiger partial charge on any atom is 0.255 e. The lowest BCUT2D eigenvalue weighted by Crippen LogP contribution is -2.52. The minimum Gasteiger partial charge on any atom is -0.492 e. The predicted molar refractivity (Wildman–Crippen MR) is 138 cm³/mol. The SMILES string of the molecule is O=C1CCC(N2Cc3cc4c(cc3C2=O)OCC42CCN(Cc3cccc4cccc(F)c34)CC2)C(=O)N1. The molecule has 2 fully saturated rings. The number of amides is 3. The summed E-state index contributed by atoms with van der Waals surface area (Å²) < 4.78 is 20.8. The molecule has 3 aromatic rings. The predicted octanol–water partition coefficient (Wildman–Crippen LogP) is 3.67. The van der Waals surface area contributed by atoms with Gasteiger partial charge < -0.3 is 9.64 Å². The van der Waals surface area contributed by atoms with Gasteiger partial charge in [-0.15, -0.1) is 0 Å². The van der Waals surface area contributed by atoms with Gasteiger partial charge in [0, 0.05) is 41.4 Å². The van der Waals surface area contributed by atoms with Crippen molar-refractivity contribution in [1.29, 1.82) is 0 Å². The summed E-state index contributed by atoms with van der Waals surface area (Å²) in [4.78, 5) is 41.1. The van der Waals surface area contributed by atoms with Gasteiger partial charge >= 0.3 is 0 Å². The molecule has 0 radical (unpaired) electrons. The molecule has 4 aliphatic heterocycles. The van der Waals surface area contributed by atoms with Crippen LogP contribution in [0.5, 0.6) is 5.75 Å². The van der Waals surface area contributed by atoms with Gasteiger partial charge in [0.25, 0.3) is 5.91 Å². The van der Waals surface area contributed by atoms with E-state index in [2.05, 4.69) is 16.3 Å². The first-order valence-corrected chi connectivity index (χ1v) is 13.3. The zero-order valence-electron chi connectivity index (χ0n) is 21.0.